The van der Waals surface area contributed by atoms with Gasteiger partial charge in [-0.2, -0.15) is 0 Å². The number of hydrogen-bond donors (Lipinski definition) is 0. The van der Waals surface area contributed by atoms with E-state index in [9.17, 15) is 0 Å². The van der Waals surface area contributed by atoms with Gasteiger partial charge in [0.15, 0.2) is 0 Å². The molecular formula is C42H25N3S. The second kappa shape index (κ2) is 9.83. The fraction of sp³-hybridized carbons (Fsp3) is 0. The van der Waals surface area contributed by atoms with Crippen molar-refractivity contribution in [2.75, 3.05) is 0 Å². The Hall–Kier alpha value is -5.84. The summed E-state index contributed by atoms with van der Waals surface area (Å²) in [5, 5.41) is 8.41. The van der Waals surface area contributed by atoms with Crippen LogP contribution in [0, 0.1) is 0 Å². The van der Waals surface area contributed by atoms with Crippen LogP contribution in [0.1, 0.15) is 0 Å². The first-order valence-electron chi connectivity index (χ1n) is 15.5. The molecule has 0 N–H and O–H groups in total. The Morgan fingerprint density at radius 2 is 1.17 bits per heavy atom. The summed E-state index contributed by atoms with van der Waals surface area (Å²) in [6.07, 6.45) is 0. The summed E-state index contributed by atoms with van der Waals surface area (Å²) in [4.78, 5) is 10.6. The molecule has 0 amide bonds. The number of benzene rings is 7. The Labute approximate surface area is 268 Å². The molecular weight excluding hydrogens is 579 g/mol. The molecule has 0 unspecified atom stereocenters. The van der Waals surface area contributed by atoms with Crippen LogP contribution >= 0.6 is 11.3 Å². The molecule has 0 fully saturated rings. The van der Waals surface area contributed by atoms with Crippen molar-refractivity contribution in [2.24, 2.45) is 0 Å². The second-order valence-electron chi connectivity index (χ2n) is 11.8. The minimum atomic E-state index is 0.669. The average Bonchev–Trinajstić information content (AvgIpc) is 3.65. The fourth-order valence-corrected chi connectivity index (χ4v) is 8.15. The van der Waals surface area contributed by atoms with Gasteiger partial charge in [-0.15, -0.1) is 11.3 Å². The SMILES string of the molecule is c1ccc(-c2nc(-n3c4cc5ccccc5cc4c4cccc(-c5ccc6sc7ccccc7c6c5)c43)nc3ccccc23)cc1. The molecule has 214 valence electrons. The van der Waals surface area contributed by atoms with E-state index < -0.39 is 0 Å². The van der Waals surface area contributed by atoms with E-state index >= 15 is 0 Å². The van der Waals surface area contributed by atoms with E-state index in [-0.39, 0.29) is 0 Å². The molecule has 0 aliphatic carbocycles. The lowest BCUT2D eigenvalue weighted by atomic mass is 9.99. The van der Waals surface area contributed by atoms with Crippen molar-refractivity contribution < 1.29 is 0 Å². The molecule has 4 heteroatoms. The molecule has 3 aromatic heterocycles. The molecule has 0 saturated carbocycles. The van der Waals surface area contributed by atoms with E-state index in [2.05, 4.69) is 150 Å². The van der Waals surface area contributed by atoms with Crippen molar-refractivity contribution in [3.8, 4) is 28.3 Å². The highest BCUT2D eigenvalue weighted by Gasteiger charge is 2.21. The smallest absolute Gasteiger partial charge is 0.235 e. The topological polar surface area (TPSA) is 30.7 Å². The molecule has 7 aromatic carbocycles. The molecule has 3 nitrogen and oxygen atoms in total. The summed E-state index contributed by atoms with van der Waals surface area (Å²) in [5.74, 6) is 0.669. The molecule has 0 radical (unpaired) electrons. The predicted octanol–water partition coefficient (Wildman–Crippen LogP) is 11.6. The van der Waals surface area contributed by atoms with Crippen LogP contribution in [0.15, 0.2) is 152 Å². The summed E-state index contributed by atoms with van der Waals surface area (Å²) in [7, 11) is 0. The zero-order valence-corrected chi connectivity index (χ0v) is 25.5. The molecule has 3 heterocycles. The molecule has 46 heavy (non-hydrogen) atoms. The van der Waals surface area contributed by atoms with Gasteiger partial charge in [0.1, 0.15) is 0 Å². The lowest BCUT2D eigenvalue weighted by Gasteiger charge is -2.14. The third kappa shape index (κ3) is 3.77. The van der Waals surface area contributed by atoms with Gasteiger partial charge in [0.2, 0.25) is 5.95 Å². The summed E-state index contributed by atoms with van der Waals surface area (Å²) >= 11 is 1.85. The van der Waals surface area contributed by atoms with Crippen molar-refractivity contribution in [1.29, 1.82) is 0 Å². The summed E-state index contributed by atoms with van der Waals surface area (Å²) in [6, 6.07) is 54.2. The van der Waals surface area contributed by atoms with E-state index in [0.717, 1.165) is 38.8 Å². The number of thiophene rings is 1. The Balaban J connectivity index is 1.35. The van der Waals surface area contributed by atoms with Gasteiger partial charge in [0, 0.05) is 47.5 Å². The molecule has 0 aliphatic rings. The molecule has 0 saturated heterocycles. The van der Waals surface area contributed by atoms with E-state index in [0.29, 0.717) is 5.95 Å². The summed E-state index contributed by atoms with van der Waals surface area (Å²) in [5.41, 5.74) is 7.47. The van der Waals surface area contributed by atoms with Crippen molar-refractivity contribution in [2.45, 2.75) is 0 Å². The predicted molar refractivity (Wildman–Crippen MR) is 195 cm³/mol. The Morgan fingerprint density at radius 3 is 2.07 bits per heavy atom. The Kier molecular flexibility index (Phi) is 5.45. The normalized spacial score (nSPS) is 11.9. The highest BCUT2D eigenvalue weighted by atomic mass is 32.1. The highest BCUT2D eigenvalue weighted by Crippen LogP contribution is 2.42. The minimum absolute atomic E-state index is 0.669. The van der Waals surface area contributed by atoms with E-state index in [4.69, 9.17) is 9.97 Å². The minimum Gasteiger partial charge on any atom is -0.277 e. The van der Waals surface area contributed by atoms with Gasteiger partial charge in [-0.05, 0) is 52.7 Å². The first-order valence-corrected chi connectivity index (χ1v) is 16.3. The first kappa shape index (κ1) is 25.5. The maximum Gasteiger partial charge on any atom is 0.235 e. The van der Waals surface area contributed by atoms with Gasteiger partial charge in [0.25, 0.3) is 0 Å². The number of rotatable bonds is 3. The van der Waals surface area contributed by atoms with Gasteiger partial charge in [-0.3, -0.25) is 4.57 Å². The van der Waals surface area contributed by atoms with Crippen molar-refractivity contribution in [3.05, 3.63) is 152 Å². The number of aromatic nitrogens is 3. The lowest BCUT2D eigenvalue weighted by molar-refractivity contribution is 1.01. The van der Waals surface area contributed by atoms with Gasteiger partial charge >= 0.3 is 0 Å². The standard InChI is InChI=1S/C42H25N3S/c1-2-11-26(12-3-1)40-33-16-6-8-19-36(33)43-42(44-40)45-37-25-28-14-5-4-13-27(28)23-34(37)32-18-10-17-30(41(32)45)29-21-22-39-35(24-29)31-15-7-9-20-38(31)46-39/h1-25H. The van der Waals surface area contributed by atoms with Crippen molar-refractivity contribution >= 4 is 75.0 Å². The monoisotopic (exact) mass is 603 g/mol. The van der Waals surface area contributed by atoms with E-state index in [1.165, 1.54) is 47.3 Å². The number of nitrogens with zero attached hydrogens (tertiary/aromatic N) is 3. The van der Waals surface area contributed by atoms with Gasteiger partial charge in [0.05, 0.1) is 22.2 Å². The summed E-state index contributed by atoms with van der Waals surface area (Å²) in [6.45, 7) is 0. The van der Waals surface area contributed by atoms with Crippen LogP contribution in [0.4, 0.5) is 0 Å². The molecule has 0 bridgehead atoms. The third-order valence-electron chi connectivity index (χ3n) is 9.18. The van der Waals surface area contributed by atoms with Gasteiger partial charge in [-0.1, -0.05) is 115 Å². The maximum absolute atomic E-state index is 5.36. The Morgan fingerprint density at radius 1 is 0.457 bits per heavy atom. The Bertz CT molecular complexity index is 2810. The first-order chi connectivity index (χ1) is 22.8. The van der Waals surface area contributed by atoms with Gasteiger partial charge < -0.3 is 0 Å². The lowest BCUT2D eigenvalue weighted by Crippen LogP contribution is -2.04. The van der Waals surface area contributed by atoms with Crippen LogP contribution in [-0.2, 0) is 0 Å². The second-order valence-corrected chi connectivity index (χ2v) is 12.9. The van der Waals surface area contributed by atoms with Crippen LogP contribution in [0.25, 0.3) is 92.0 Å². The van der Waals surface area contributed by atoms with Crippen LogP contribution in [-0.4, -0.2) is 14.5 Å². The number of para-hydroxylation sites is 2. The molecule has 0 aliphatic heterocycles. The van der Waals surface area contributed by atoms with Crippen LogP contribution in [0.5, 0.6) is 0 Å². The highest BCUT2D eigenvalue weighted by molar-refractivity contribution is 7.25. The molecule has 0 atom stereocenters. The van der Waals surface area contributed by atoms with Gasteiger partial charge in [-0.25, -0.2) is 9.97 Å². The quantitative estimate of drug-likeness (QED) is 0.201. The van der Waals surface area contributed by atoms with Crippen LogP contribution < -0.4 is 0 Å². The van der Waals surface area contributed by atoms with Crippen molar-refractivity contribution in [1.82, 2.24) is 14.5 Å². The largest absolute Gasteiger partial charge is 0.277 e. The molecule has 0 spiro atoms. The molecule has 10 rings (SSSR count). The zero-order chi connectivity index (χ0) is 30.2. The van der Waals surface area contributed by atoms with Crippen LogP contribution in [0.2, 0.25) is 0 Å². The summed E-state index contributed by atoms with van der Waals surface area (Å²) < 4.78 is 4.90. The van der Waals surface area contributed by atoms with E-state index in [1.807, 2.05) is 17.4 Å². The molecule has 10 aromatic rings. The van der Waals surface area contributed by atoms with E-state index in [1.54, 1.807) is 0 Å². The van der Waals surface area contributed by atoms with Crippen LogP contribution in [0.3, 0.4) is 0 Å². The zero-order valence-electron chi connectivity index (χ0n) is 24.7. The number of fused-ring (bicyclic) bond motifs is 8. The average molecular weight is 604 g/mol. The maximum atomic E-state index is 5.36. The van der Waals surface area contributed by atoms with Crippen molar-refractivity contribution in [3.63, 3.8) is 0 Å². The number of hydrogen-bond acceptors (Lipinski definition) is 3. The third-order valence-corrected chi connectivity index (χ3v) is 10.3. The fourth-order valence-electron chi connectivity index (χ4n) is 7.07.